The predicted octanol–water partition coefficient (Wildman–Crippen LogP) is 0.679. The van der Waals surface area contributed by atoms with Crippen LogP contribution in [-0.4, -0.2) is 47.5 Å². The molecule has 2 rings (SSSR count). The van der Waals surface area contributed by atoms with E-state index in [9.17, 15) is 9.59 Å². The van der Waals surface area contributed by atoms with E-state index in [1.165, 1.54) is 11.0 Å². The number of nitrogens with two attached hydrogens (primary N) is 1. The molecule has 3 amide bonds. The lowest BCUT2D eigenvalue weighted by Gasteiger charge is -2.31. The Labute approximate surface area is 125 Å². The maximum Gasteiger partial charge on any atom is 0.314 e. The zero-order valence-electron chi connectivity index (χ0n) is 10.4. The van der Waals surface area contributed by atoms with Crippen molar-refractivity contribution in [1.29, 1.82) is 0 Å². The topological polar surface area (TPSA) is 100 Å². The zero-order valence-corrected chi connectivity index (χ0v) is 11.9. The van der Waals surface area contributed by atoms with Gasteiger partial charge in [0.15, 0.2) is 5.15 Å². The fourth-order valence-corrected chi connectivity index (χ4v) is 2.24. The van der Waals surface area contributed by atoms with E-state index < -0.39 is 12.1 Å². The van der Waals surface area contributed by atoms with Crippen molar-refractivity contribution in [2.75, 3.05) is 25.0 Å². The largest absolute Gasteiger partial charge is 0.351 e. The van der Waals surface area contributed by atoms with E-state index in [4.69, 9.17) is 28.9 Å². The molecule has 0 aliphatic carbocycles. The molecule has 1 aromatic heterocycles. The molecule has 0 spiro atoms. The van der Waals surface area contributed by atoms with Crippen LogP contribution in [0.5, 0.6) is 0 Å². The molecule has 108 valence electrons. The number of primary amides is 1. The van der Waals surface area contributed by atoms with Crippen LogP contribution in [0.2, 0.25) is 10.3 Å². The highest BCUT2D eigenvalue weighted by atomic mass is 35.5. The van der Waals surface area contributed by atoms with Gasteiger partial charge in [-0.15, -0.1) is 0 Å². The van der Waals surface area contributed by atoms with E-state index >= 15 is 0 Å². The molecule has 0 saturated carbocycles. The van der Waals surface area contributed by atoms with Crippen LogP contribution in [0.1, 0.15) is 0 Å². The molecular weight excluding hydrogens is 305 g/mol. The number of rotatable bonds is 2. The molecule has 0 radical (unpaired) electrons. The summed E-state index contributed by atoms with van der Waals surface area (Å²) in [7, 11) is 0. The van der Waals surface area contributed by atoms with E-state index in [2.05, 4.69) is 15.6 Å². The molecule has 0 bridgehead atoms. The first-order valence-electron chi connectivity index (χ1n) is 5.88. The highest BCUT2D eigenvalue weighted by Crippen LogP contribution is 2.21. The lowest BCUT2D eigenvalue weighted by molar-refractivity contribution is -0.118. The molecule has 20 heavy (non-hydrogen) atoms. The Morgan fingerprint density at radius 2 is 2.20 bits per heavy atom. The Kier molecular flexibility index (Phi) is 4.64. The molecule has 1 saturated heterocycles. The van der Waals surface area contributed by atoms with Crippen molar-refractivity contribution in [2.24, 2.45) is 5.73 Å². The van der Waals surface area contributed by atoms with Crippen molar-refractivity contribution >= 4 is 40.8 Å². The first kappa shape index (κ1) is 14.8. The smallest absolute Gasteiger partial charge is 0.314 e. The SMILES string of the molecule is NC(=O)N1CCNC(C(=O)Nc2ccc(Cl)nc2Cl)C1. The Hall–Kier alpha value is -1.57. The Balaban J connectivity index is 2.02. The summed E-state index contributed by atoms with van der Waals surface area (Å²) >= 11 is 11.6. The van der Waals surface area contributed by atoms with E-state index in [-0.39, 0.29) is 22.8 Å². The maximum absolute atomic E-state index is 12.1. The molecule has 1 aliphatic rings. The van der Waals surface area contributed by atoms with Crippen LogP contribution in [0.25, 0.3) is 0 Å². The number of carbonyl (C=O) groups is 2. The quantitative estimate of drug-likeness (QED) is 0.698. The van der Waals surface area contributed by atoms with Crippen LogP contribution in [0.3, 0.4) is 0 Å². The number of pyridine rings is 1. The lowest BCUT2D eigenvalue weighted by atomic mass is 10.2. The Bertz CT molecular complexity index is 540. The van der Waals surface area contributed by atoms with Crippen LogP contribution in [-0.2, 0) is 4.79 Å². The van der Waals surface area contributed by atoms with Gasteiger partial charge < -0.3 is 21.3 Å². The third kappa shape index (κ3) is 3.50. The molecule has 9 heteroatoms. The van der Waals surface area contributed by atoms with Crippen LogP contribution in [0.15, 0.2) is 12.1 Å². The number of carbonyl (C=O) groups excluding carboxylic acids is 2. The molecule has 4 N–H and O–H groups in total. The number of amides is 3. The van der Waals surface area contributed by atoms with Crippen LogP contribution < -0.4 is 16.4 Å². The van der Waals surface area contributed by atoms with Gasteiger partial charge in [0.25, 0.3) is 0 Å². The van der Waals surface area contributed by atoms with Gasteiger partial charge >= 0.3 is 6.03 Å². The summed E-state index contributed by atoms with van der Waals surface area (Å²) in [4.78, 5) is 28.4. The van der Waals surface area contributed by atoms with E-state index in [1.807, 2.05) is 0 Å². The van der Waals surface area contributed by atoms with Gasteiger partial charge in [-0.25, -0.2) is 9.78 Å². The van der Waals surface area contributed by atoms with Gasteiger partial charge in [0, 0.05) is 19.6 Å². The average Bonchev–Trinajstić information content (AvgIpc) is 2.42. The minimum absolute atomic E-state index is 0.105. The third-order valence-electron chi connectivity index (χ3n) is 2.88. The lowest BCUT2D eigenvalue weighted by Crippen LogP contribution is -2.58. The first-order valence-corrected chi connectivity index (χ1v) is 6.63. The Morgan fingerprint density at radius 1 is 1.45 bits per heavy atom. The summed E-state index contributed by atoms with van der Waals surface area (Å²) < 4.78 is 0. The first-order chi connectivity index (χ1) is 9.47. The number of anilines is 1. The standard InChI is InChI=1S/C11H13Cl2N5O2/c12-8-2-1-6(9(13)17-8)16-10(19)7-5-18(11(14)20)4-3-15-7/h1-2,7,15H,3-5H2,(H2,14,20)(H,16,19). The number of piperazine rings is 1. The number of nitrogens with one attached hydrogen (secondary N) is 2. The van der Waals surface area contributed by atoms with Crippen LogP contribution in [0, 0.1) is 0 Å². The summed E-state index contributed by atoms with van der Waals surface area (Å²) in [6.07, 6.45) is 0. The summed E-state index contributed by atoms with van der Waals surface area (Å²) in [5, 5.41) is 5.98. The van der Waals surface area contributed by atoms with E-state index in [0.29, 0.717) is 18.8 Å². The minimum atomic E-state index is -0.553. The Morgan fingerprint density at radius 3 is 2.85 bits per heavy atom. The summed E-state index contributed by atoms with van der Waals surface area (Å²) in [5.74, 6) is -0.318. The highest BCUT2D eigenvalue weighted by molar-refractivity contribution is 6.34. The number of aromatic nitrogens is 1. The van der Waals surface area contributed by atoms with Crippen molar-refractivity contribution in [3.8, 4) is 0 Å². The molecule has 2 heterocycles. The normalized spacial score (nSPS) is 18.7. The molecule has 1 aliphatic heterocycles. The summed E-state index contributed by atoms with van der Waals surface area (Å²) in [5.41, 5.74) is 5.56. The van der Waals surface area contributed by atoms with Gasteiger partial charge in [-0.2, -0.15) is 0 Å². The second-order valence-corrected chi connectivity index (χ2v) is 5.00. The van der Waals surface area contributed by atoms with Crippen molar-refractivity contribution in [3.63, 3.8) is 0 Å². The van der Waals surface area contributed by atoms with Crippen LogP contribution >= 0.6 is 23.2 Å². The van der Waals surface area contributed by atoms with Gasteiger partial charge in [-0.1, -0.05) is 23.2 Å². The fraction of sp³-hybridized carbons (Fsp3) is 0.364. The minimum Gasteiger partial charge on any atom is -0.351 e. The predicted molar refractivity (Wildman–Crippen MR) is 75.8 cm³/mol. The molecule has 0 aromatic carbocycles. The number of hydrogen-bond donors (Lipinski definition) is 3. The number of urea groups is 1. The van der Waals surface area contributed by atoms with Gasteiger partial charge in [0.2, 0.25) is 5.91 Å². The monoisotopic (exact) mass is 317 g/mol. The average molecular weight is 318 g/mol. The number of halogens is 2. The van der Waals surface area contributed by atoms with E-state index in [0.717, 1.165) is 0 Å². The van der Waals surface area contributed by atoms with Crippen molar-refractivity contribution in [3.05, 3.63) is 22.4 Å². The molecular formula is C11H13Cl2N5O2. The van der Waals surface area contributed by atoms with Gasteiger partial charge in [0.05, 0.1) is 5.69 Å². The second kappa shape index (κ2) is 6.25. The molecule has 1 atom stereocenters. The summed E-state index contributed by atoms with van der Waals surface area (Å²) in [6.45, 7) is 1.18. The fourth-order valence-electron chi connectivity index (χ4n) is 1.85. The molecule has 1 unspecified atom stereocenters. The van der Waals surface area contributed by atoms with Crippen molar-refractivity contribution in [1.82, 2.24) is 15.2 Å². The van der Waals surface area contributed by atoms with Crippen molar-refractivity contribution in [2.45, 2.75) is 6.04 Å². The maximum atomic E-state index is 12.1. The zero-order chi connectivity index (χ0) is 14.7. The number of nitrogens with zero attached hydrogens (tertiary/aromatic N) is 2. The summed E-state index contributed by atoms with van der Waals surface area (Å²) in [6, 6.07) is 1.98. The molecule has 1 aromatic rings. The molecule has 1 fully saturated rings. The van der Waals surface area contributed by atoms with Gasteiger partial charge in [-0.05, 0) is 12.1 Å². The van der Waals surface area contributed by atoms with E-state index in [1.54, 1.807) is 6.07 Å². The van der Waals surface area contributed by atoms with Gasteiger partial charge in [-0.3, -0.25) is 4.79 Å². The van der Waals surface area contributed by atoms with Crippen molar-refractivity contribution < 1.29 is 9.59 Å². The highest BCUT2D eigenvalue weighted by Gasteiger charge is 2.27. The second-order valence-electron chi connectivity index (χ2n) is 4.25. The van der Waals surface area contributed by atoms with Crippen LogP contribution in [0.4, 0.5) is 10.5 Å². The molecule has 7 nitrogen and oxygen atoms in total. The number of hydrogen-bond acceptors (Lipinski definition) is 4. The third-order valence-corrected chi connectivity index (χ3v) is 3.37. The van der Waals surface area contributed by atoms with Gasteiger partial charge in [0.1, 0.15) is 11.2 Å².